The number of aliphatic imine (C=N–C) groups is 1. The van der Waals surface area contributed by atoms with Gasteiger partial charge in [0.05, 0.1) is 24.8 Å². The van der Waals surface area contributed by atoms with Gasteiger partial charge in [0.25, 0.3) is 0 Å². The maximum Gasteiger partial charge on any atom is 0.416 e. The van der Waals surface area contributed by atoms with Gasteiger partial charge in [-0.05, 0) is 32.0 Å². The maximum atomic E-state index is 12.7. The van der Waals surface area contributed by atoms with Gasteiger partial charge in [-0.25, -0.2) is 4.99 Å². The van der Waals surface area contributed by atoms with E-state index in [4.69, 9.17) is 0 Å². The first kappa shape index (κ1) is 22.3. The predicted octanol–water partition coefficient (Wildman–Crippen LogP) is 2.25. The molecule has 156 valence electrons. The van der Waals surface area contributed by atoms with Crippen LogP contribution in [0.25, 0.3) is 0 Å². The molecule has 0 aliphatic rings. The second kappa shape index (κ2) is 9.47. The SMILES string of the molecule is CCNC(=NCC(C)(O)c1cnn(C)c1)NCC#Cc1cccc(C(F)(F)F)c1. The first-order valence-corrected chi connectivity index (χ1v) is 9.01. The third-order valence-electron chi connectivity index (χ3n) is 3.98. The van der Waals surface area contributed by atoms with E-state index in [-0.39, 0.29) is 18.7 Å². The van der Waals surface area contributed by atoms with Crippen LogP contribution in [-0.2, 0) is 18.8 Å². The molecule has 1 aromatic carbocycles. The minimum Gasteiger partial charge on any atom is -0.383 e. The van der Waals surface area contributed by atoms with Gasteiger partial charge in [-0.15, -0.1) is 0 Å². The summed E-state index contributed by atoms with van der Waals surface area (Å²) >= 11 is 0. The molecule has 1 atom stereocenters. The van der Waals surface area contributed by atoms with Crippen molar-refractivity contribution in [1.29, 1.82) is 0 Å². The lowest BCUT2D eigenvalue weighted by molar-refractivity contribution is -0.137. The van der Waals surface area contributed by atoms with E-state index >= 15 is 0 Å². The van der Waals surface area contributed by atoms with Crippen molar-refractivity contribution in [2.75, 3.05) is 19.6 Å². The largest absolute Gasteiger partial charge is 0.416 e. The van der Waals surface area contributed by atoms with E-state index in [2.05, 4.69) is 32.6 Å². The fraction of sp³-hybridized carbons (Fsp3) is 0.400. The molecule has 1 heterocycles. The first-order valence-electron chi connectivity index (χ1n) is 9.01. The zero-order valence-corrected chi connectivity index (χ0v) is 16.5. The van der Waals surface area contributed by atoms with Crippen molar-refractivity contribution in [3.63, 3.8) is 0 Å². The Labute approximate surface area is 167 Å². The smallest absolute Gasteiger partial charge is 0.383 e. The molecule has 3 N–H and O–H groups in total. The standard InChI is InChI=1S/C20H24F3N5O/c1-4-24-18(26-14-19(2,29)17-12-27-28(3)13-17)25-10-6-8-15-7-5-9-16(11-15)20(21,22)23/h5,7,9,11-13,29H,4,10,14H2,1-3H3,(H2,24,25,26). The van der Waals surface area contributed by atoms with Crippen LogP contribution in [-0.4, -0.2) is 40.5 Å². The Hall–Kier alpha value is -2.99. The fourth-order valence-electron chi connectivity index (χ4n) is 2.41. The van der Waals surface area contributed by atoms with Gasteiger partial charge in [0.15, 0.2) is 5.96 Å². The Morgan fingerprint density at radius 2 is 2.03 bits per heavy atom. The highest BCUT2D eigenvalue weighted by Gasteiger charge is 2.30. The molecule has 29 heavy (non-hydrogen) atoms. The molecule has 0 amide bonds. The number of benzene rings is 1. The topological polar surface area (TPSA) is 74.5 Å². The summed E-state index contributed by atoms with van der Waals surface area (Å²) in [5, 5.41) is 20.6. The van der Waals surface area contributed by atoms with E-state index in [1.807, 2.05) is 6.92 Å². The van der Waals surface area contributed by atoms with Crippen LogP contribution in [0.1, 0.15) is 30.5 Å². The van der Waals surface area contributed by atoms with Gasteiger partial charge < -0.3 is 15.7 Å². The van der Waals surface area contributed by atoms with E-state index in [1.165, 1.54) is 12.1 Å². The van der Waals surface area contributed by atoms with Gasteiger partial charge in [0.2, 0.25) is 0 Å². The molecule has 6 nitrogen and oxygen atoms in total. The monoisotopic (exact) mass is 407 g/mol. The summed E-state index contributed by atoms with van der Waals surface area (Å²) in [5.74, 6) is 5.92. The van der Waals surface area contributed by atoms with E-state index < -0.39 is 17.3 Å². The summed E-state index contributed by atoms with van der Waals surface area (Å²) in [6.45, 7) is 4.41. The number of alkyl halides is 3. The lowest BCUT2D eigenvalue weighted by Crippen LogP contribution is -2.39. The summed E-state index contributed by atoms with van der Waals surface area (Å²) in [7, 11) is 1.76. The van der Waals surface area contributed by atoms with E-state index in [9.17, 15) is 18.3 Å². The van der Waals surface area contributed by atoms with Gasteiger partial charge in [-0.1, -0.05) is 17.9 Å². The molecule has 1 aromatic heterocycles. The number of aromatic nitrogens is 2. The number of hydrogen-bond acceptors (Lipinski definition) is 3. The average Bonchev–Trinajstić information content (AvgIpc) is 3.10. The summed E-state index contributed by atoms with van der Waals surface area (Å²) < 4.78 is 39.8. The highest BCUT2D eigenvalue weighted by Crippen LogP contribution is 2.29. The lowest BCUT2D eigenvalue weighted by Gasteiger charge is -2.20. The average molecular weight is 407 g/mol. The maximum absolute atomic E-state index is 12.7. The van der Waals surface area contributed by atoms with Crippen molar-refractivity contribution < 1.29 is 18.3 Å². The summed E-state index contributed by atoms with van der Waals surface area (Å²) in [4.78, 5) is 4.35. The van der Waals surface area contributed by atoms with Crippen LogP contribution in [0.3, 0.4) is 0 Å². The summed E-state index contributed by atoms with van der Waals surface area (Å²) in [6, 6.07) is 4.86. The Morgan fingerprint density at radius 3 is 2.66 bits per heavy atom. The number of rotatable bonds is 5. The van der Waals surface area contributed by atoms with Gasteiger partial charge in [0.1, 0.15) is 5.60 Å². The Balaban J connectivity index is 2.00. The van der Waals surface area contributed by atoms with Crippen LogP contribution >= 0.6 is 0 Å². The van der Waals surface area contributed by atoms with Crippen molar-refractivity contribution in [2.45, 2.75) is 25.6 Å². The molecule has 2 rings (SSSR count). The third-order valence-corrected chi connectivity index (χ3v) is 3.98. The lowest BCUT2D eigenvalue weighted by atomic mass is 10.0. The summed E-state index contributed by atoms with van der Waals surface area (Å²) in [5.41, 5.74) is -1.00. The van der Waals surface area contributed by atoms with Crippen molar-refractivity contribution >= 4 is 5.96 Å². The third kappa shape index (κ3) is 6.84. The van der Waals surface area contributed by atoms with Gasteiger partial charge in [-0.2, -0.15) is 18.3 Å². The number of halogens is 3. The second-order valence-electron chi connectivity index (χ2n) is 6.61. The van der Waals surface area contributed by atoms with Crippen LogP contribution < -0.4 is 10.6 Å². The Morgan fingerprint density at radius 1 is 1.28 bits per heavy atom. The van der Waals surface area contributed by atoms with Crippen LogP contribution in [0, 0.1) is 11.8 Å². The highest BCUT2D eigenvalue weighted by molar-refractivity contribution is 5.80. The second-order valence-corrected chi connectivity index (χ2v) is 6.61. The van der Waals surface area contributed by atoms with Crippen LogP contribution in [0.5, 0.6) is 0 Å². The molecule has 0 bridgehead atoms. The number of hydrogen-bond donors (Lipinski definition) is 3. The zero-order valence-electron chi connectivity index (χ0n) is 16.5. The molecule has 0 fully saturated rings. The highest BCUT2D eigenvalue weighted by atomic mass is 19.4. The zero-order chi connectivity index (χ0) is 21.5. The molecule has 9 heteroatoms. The molecular formula is C20H24F3N5O. The number of nitrogens with zero attached hydrogens (tertiary/aromatic N) is 3. The van der Waals surface area contributed by atoms with Gasteiger partial charge >= 0.3 is 6.18 Å². The number of aliphatic hydroxyl groups is 1. The number of nitrogens with one attached hydrogen (secondary N) is 2. The molecule has 0 radical (unpaired) electrons. The molecular weight excluding hydrogens is 383 g/mol. The van der Waals surface area contributed by atoms with Crippen LogP contribution in [0.4, 0.5) is 13.2 Å². The summed E-state index contributed by atoms with van der Waals surface area (Å²) in [6.07, 6.45) is -1.10. The Bertz CT molecular complexity index is 907. The molecule has 0 saturated carbocycles. The molecule has 0 spiro atoms. The van der Waals surface area contributed by atoms with E-state index in [0.717, 1.165) is 12.1 Å². The van der Waals surface area contributed by atoms with Crippen molar-refractivity contribution in [2.24, 2.45) is 12.0 Å². The number of guanidine groups is 1. The van der Waals surface area contributed by atoms with E-state index in [0.29, 0.717) is 18.1 Å². The fourth-order valence-corrected chi connectivity index (χ4v) is 2.41. The normalized spacial score (nSPS) is 14.0. The minimum absolute atomic E-state index is 0.0923. The van der Waals surface area contributed by atoms with Crippen molar-refractivity contribution in [3.8, 4) is 11.8 Å². The van der Waals surface area contributed by atoms with Crippen LogP contribution in [0.15, 0.2) is 41.7 Å². The molecule has 1 unspecified atom stereocenters. The van der Waals surface area contributed by atoms with Gasteiger partial charge in [0, 0.05) is 30.9 Å². The first-order chi connectivity index (χ1) is 13.6. The Kier molecular flexibility index (Phi) is 7.29. The van der Waals surface area contributed by atoms with Crippen LogP contribution in [0.2, 0.25) is 0 Å². The minimum atomic E-state index is -4.40. The molecule has 2 aromatic rings. The number of aryl methyl sites for hydroxylation is 1. The molecule has 0 aliphatic carbocycles. The van der Waals surface area contributed by atoms with Gasteiger partial charge in [-0.3, -0.25) is 4.68 Å². The molecule has 0 aliphatic heterocycles. The molecule has 0 saturated heterocycles. The van der Waals surface area contributed by atoms with Crippen molar-refractivity contribution in [1.82, 2.24) is 20.4 Å². The quantitative estimate of drug-likeness (QED) is 0.404. The van der Waals surface area contributed by atoms with E-state index in [1.54, 1.807) is 31.0 Å². The van der Waals surface area contributed by atoms with Crippen molar-refractivity contribution in [3.05, 3.63) is 53.3 Å². The predicted molar refractivity (Wildman–Crippen MR) is 105 cm³/mol.